The van der Waals surface area contributed by atoms with E-state index in [1.165, 1.54) is 5.56 Å². The molecule has 2 rings (SSSR count). The Morgan fingerprint density at radius 3 is 2.30 bits per heavy atom. The van der Waals surface area contributed by atoms with Gasteiger partial charge in [-0.05, 0) is 41.2 Å². The third-order valence-electron chi connectivity index (χ3n) is 3.32. The standard InChI is InChI=1S/C18H21BrO/c1-13(2)10-15-4-3-5-16(11-15)18(20)12-14-6-8-17(19)9-7-14/h3-9,11,13,18,20H,10,12H2,1-2H3. The highest BCUT2D eigenvalue weighted by atomic mass is 79.9. The van der Waals surface area contributed by atoms with Gasteiger partial charge in [-0.1, -0.05) is 66.2 Å². The first-order valence-electron chi connectivity index (χ1n) is 7.06. The molecule has 2 aromatic rings. The van der Waals surface area contributed by atoms with Crippen molar-refractivity contribution in [2.45, 2.75) is 32.8 Å². The molecule has 1 atom stereocenters. The molecule has 0 aliphatic heterocycles. The summed E-state index contributed by atoms with van der Waals surface area (Å²) >= 11 is 3.43. The van der Waals surface area contributed by atoms with Gasteiger partial charge >= 0.3 is 0 Å². The van der Waals surface area contributed by atoms with Gasteiger partial charge in [-0.3, -0.25) is 0 Å². The second-order valence-electron chi connectivity index (χ2n) is 5.69. The fraction of sp³-hybridized carbons (Fsp3) is 0.333. The molecule has 0 saturated carbocycles. The predicted octanol–water partition coefficient (Wildman–Crippen LogP) is 4.92. The SMILES string of the molecule is CC(C)Cc1cccc(C(O)Cc2ccc(Br)cc2)c1. The summed E-state index contributed by atoms with van der Waals surface area (Å²) in [5.41, 5.74) is 3.45. The first-order chi connectivity index (χ1) is 9.54. The molecule has 20 heavy (non-hydrogen) atoms. The first kappa shape index (κ1) is 15.3. The number of hydrogen-bond acceptors (Lipinski definition) is 1. The highest BCUT2D eigenvalue weighted by Crippen LogP contribution is 2.21. The van der Waals surface area contributed by atoms with Crippen LogP contribution < -0.4 is 0 Å². The molecule has 2 heteroatoms. The minimum absolute atomic E-state index is 0.441. The molecular weight excluding hydrogens is 312 g/mol. The van der Waals surface area contributed by atoms with E-state index in [1.807, 2.05) is 36.4 Å². The minimum Gasteiger partial charge on any atom is -0.388 e. The van der Waals surface area contributed by atoms with Crippen molar-refractivity contribution in [1.29, 1.82) is 0 Å². The lowest BCUT2D eigenvalue weighted by Gasteiger charge is -2.13. The fourth-order valence-corrected chi connectivity index (χ4v) is 2.62. The Morgan fingerprint density at radius 2 is 1.65 bits per heavy atom. The third-order valence-corrected chi connectivity index (χ3v) is 3.85. The second kappa shape index (κ2) is 7.05. The molecule has 0 radical (unpaired) electrons. The fourth-order valence-electron chi connectivity index (χ4n) is 2.36. The number of benzene rings is 2. The predicted molar refractivity (Wildman–Crippen MR) is 87.8 cm³/mol. The van der Waals surface area contributed by atoms with E-state index < -0.39 is 6.10 Å². The summed E-state index contributed by atoms with van der Waals surface area (Å²) in [5.74, 6) is 0.633. The summed E-state index contributed by atoms with van der Waals surface area (Å²) in [6, 6.07) is 16.4. The molecule has 0 aliphatic rings. The van der Waals surface area contributed by atoms with E-state index in [0.717, 1.165) is 22.0 Å². The Bertz CT molecular complexity index is 546. The highest BCUT2D eigenvalue weighted by Gasteiger charge is 2.09. The summed E-state index contributed by atoms with van der Waals surface area (Å²) in [7, 11) is 0. The number of halogens is 1. The van der Waals surface area contributed by atoms with Crippen molar-refractivity contribution in [1.82, 2.24) is 0 Å². The molecule has 1 unspecified atom stereocenters. The molecule has 1 nitrogen and oxygen atoms in total. The highest BCUT2D eigenvalue weighted by molar-refractivity contribution is 9.10. The molecular formula is C18H21BrO. The molecule has 0 aliphatic carbocycles. The molecule has 2 aromatic carbocycles. The largest absolute Gasteiger partial charge is 0.388 e. The lowest BCUT2D eigenvalue weighted by Crippen LogP contribution is -2.03. The van der Waals surface area contributed by atoms with Crippen molar-refractivity contribution in [3.05, 3.63) is 69.7 Å². The van der Waals surface area contributed by atoms with E-state index in [9.17, 15) is 5.11 Å². The van der Waals surface area contributed by atoms with Crippen LogP contribution in [0.15, 0.2) is 53.0 Å². The van der Waals surface area contributed by atoms with Crippen LogP contribution in [-0.2, 0) is 12.8 Å². The van der Waals surface area contributed by atoms with Crippen LogP contribution in [0.25, 0.3) is 0 Å². The summed E-state index contributed by atoms with van der Waals surface area (Å²) in [5, 5.41) is 10.4. The number of hydrogen-bond donors (Lipinski definition) is 1. The van der Waals surface area contributed by atoms with Crippen LogP contribution in [0.3, 0.4) is 0 Å². The van der Waals surface area contributed by atoms with Gasteiger partial charge < -0.3 is 5.11 Å². The Morgan fingerprint density at radius 1 is 0.950 bits per heavy atom. The van der Waals surface area contributed by atoms with Crippen molar-refractivity contribution < 1.29 is 5.11 Å². The number of rotatable bonds is 5. The van der Waals surface area contributed by atoms with Crippen molar-refractivity contribution in [3.8, 4) is 0 Å². The topological polar surface area (TPSA) is 20.2 Å². The number of aliphatic hydroxyl groups excluding tert-OH is 1. The maximum absolute atomic E-state index is 10.4. The quantitative estimate of drug-likeness (QED) is 0.823. The van der Waals surface area contributed by atoms with Gasteiger partial charge in [-0.2, -0.15) is 0 Å². The molecule has 0 aromatic heterocycles. The molecule has 0 spiro atoms. The molecule has 0 heterocycles. The Labute approximate surface area is 129 Å². The van der Waals surface area contributed by atoms with Gasteiger partial charge in [0.2, 0.25) is 0 Å². The first-order valence-corrected chi connectivity index (χ1v) is 7.85. The van der Waals surface area contributed by atoms with Gasteiger partial charge in [0.1, 0.15) is 0 Å². The average molecular weight is 333 g/mol. The van der Waals surface area contributed by atoms with Crippen molar-refractivity contribution in [3.63, 3.8) is 0 Å². The van der Waals surface area contributed by atoms with Crippen LogP contribution in [0.2, 0.25) is 0 Å². The van der Waals surface area contributed by atoms with Crippen LogP contribution in [0, 0.1) is 5.92 Å². The van der Waals surface area contributed by atoms with Gasteiger partial charge in [0, 0.05) is 10.9 Å². The van der Waals surface area contributed by atoms with Gasteiger partial charge in [0.05, 0.1) is 6.10 Å². The third kappa shape index (κ3) is 4.46. The van der Waals surface area contributed by atoms with Gasteiger partial charge in [0.25, 0.3) is 0 Å². The molecule has 106 valence electrons. The van der Waals surface area contributed by atoms with Crippen LogP contribution >= 0.6 is 15.9 Å². The van der Waals surface area contributed by atoms with E-state index in [1.54, 1.807) is 0 Å². The molecule has 1 N–H and O–H groups in total. The normalized spacial score (nSPS) is 12.7. The minimum atomic E-state index is -0.441. The summed E-state index contributed by atoms with van der Waals surface area (Å²) in [6.07, 6.45) is 1.26. The van der Waals surface area contributed by atoms with Gasteiger partial charge in [0.15, 0.2) is 0 Å². The van der Waals surface area contributed by atoms with Crippen molar-refractivity contribution in [2.24, 2.45) is 5.92 Å². The lowest BCUT2D eigenvalue weighted by atomic mass is 9.96. The van der Waals surface area contributed by atoms with Crippen molar-refractivity contribution in [2.75, 3.05) is 0 Å². The smallest absolute Gasteiger partial charge is 0.0830 e. The Balaban J connectivity index is 2.08. The Kier molecular flexibility index (Phi) is 5.38. The summed E-state index contributed by atoms with van der Waals surface area (Å²) < 4.78 is 1.06. The van der Waals surface area contributed by atoms with E-state index >= 15 is 0 Å². The number of aliphatic hydroxyl groups is 1. The Hall–Kier alpha value is -1.12. The summed E-state index contributed by atoms with van der Waals surface area (Å²) in [4.78, 5) is 0. The molecule has 0 fully saturated rings. The maximum Gasteiger partial charge on any atom is 0.0830 e. The maximum atomic E-state index is 10.4. The average Bonchev–Trinajstić information content (AvgIpc) is 2.41. The van der Waals surface area contributed by atoms with Gasteiger partial charge in [-0.25, -0.2) is 0 Å². The van der Waals surface area contributed by atoms with Crippen LogP contribution in [0.1, 0.15) is 36.6 Å². The lowest BCUT2D eigenvalue weighted by molar-refractivity contribution is 0.178. The zero-order valence-corrected chi connectivity index (χ0v) is 13.6. The monoisotopic (exact) mass is 332 g/mol. The van der Waals surface area contributed by atoms with Gasteiger partial charge in [-0.15, -0.1) is 0 Å². The van der Waals surface area contributed by atoms with E-state index in [2.05, 4.69) is 41.9 Å². The van der Waals surface area contributed by atoms with Crippen LogP contribution in [0.5, 0.6) is 0 Å². The molecule has 0 bridgehead atoms. The zero-order valence-electron chi connectivity index (χ0n) is 12.0. The van der Waals surface area contributed by atoms with E-state index in [0.29, 0.717) is 12.3 Å². The zero-order chi connectivity index (χ0) is 14.5. The second-order valence-corrected chi connectivity index (χ2v) is 6.61. The van der Waals surface area contributed by atoms with E-state index in [4.69, 9.17) is 0 Å². The van der Waals surface area contributed by atoms with E-state index in [-0.39, 0.29) is 0 Å². The summed E-state index contributed by atoms with van der Waals surface area (Å²) in [6.45, 7) is 4.43. The van der Waals surface area contributed by atoms with Crippen molar-refractivity contribution >= 4 is 15.9 Å². The molecule has 0 amide bonds. The van der Waals surface area contributed by atoms with Crippen LogP contribution in [-0.4, -0.2) is 5.11 Å². The molecule has 0 saturated heterocycles. The van der Waals surface area contributed by atoms with Crippen LogP contribution in [0.4, 0.5) is 0 Å².